The van der Waals surface area contributed by atoms with E-state index in [0.717, 1.165) is 37.6 Å². The maximum atomic E-state index is 13.5. The van der Waals surface area contributed by atoms with E-state index in [1.54, 1.807) is 6.07 Å². The van der Waals surface area contributed by atoms with Crippen molar-refractivity contribution in [2.24, 2.45) is 12.5 Å². The second-order valence-electron chi connectivity index (χ2n) is 7.44. The first-order valence-electron chi connectivity index (χ1n) is 8.92. The lowest BCUT2D eigenvalue weighted by atomic mass is 9.93. The van der Waals surface area contributed by atoms with Gasteiger partial charge in [-0.25, -0.2) is 9.37 Å². The minimum atomic E-state index is -0.359. The number of hydrogen-bond donors (Lipinski definition) is 1. The van der Waals surface area contributed by atoms with Gasteiger partial charge in [-0.1, -0.05) is 17.7 Å². The van der Waals surface area contributed by atoms with E-state index in [-0.39, 0.29) is 10.8 Å². The number of rotatable bonds is 5. The molecule has 1 aliphatic heterocycles. The van der Waals surface area contributed by atoms with E-state index >= 15 is 0 Å². The van der Waals surface area contributed by atoms with Crippen molar-refractivity contribution in [3.63, 3.8) is 0 Å². The molecule has 0 radical (unpaired) electrons. The molecule has 1 saturated carbocycles. The monoisotopic (exact) mass is 362 g/mol. The van der Waals surface area contributed by atoms with E-state index in [2.05, 4.69) is 19.8 Å². The smallest absolute Gasteiger partial charge is 0.141 e. The van der Waals surface area contributed by atoms with Gasteiger partial charge in [0.05, 0.1) is 11.6 Å². The molecule has 6 heteroatoms. The van der Waals surface area contributed by atoms with E-state index in [1.807, 2.05) is 25.5 Å². The molecule has 1 atom stereocenters. The fourth-order valence-electron chi connectivity index (χ4n) is 4.18. The summed E-state index contributed by atoms with van der Waals surface area (Å²) in [5, 5.41) is 3.66. The molecular formula is C19H24ClFN4. The normalized spacial score (nSPS) is 21.8. The van der Waals surface area contributed by atoms with Crippen LogP contribution in [0.25, 0.3) is 0 Å². The summed E-state index contributed by atoms with van der Waals surface area (Å²) in [5.74, 6) is 0.700. The topological polar surface area (TPSA) is 33.1 Å². The van der Waals surface area contributed by atoms with Gasteiger partial charge in [-0.15, -0.1) is 0 Å². The van der Waals surface area contributed by atoms with Gasteiger partial charge in [0.15, 0.2) is 0 Å². The molecule has 0 unspecified atom stereocenters. The molecule has 134 valence electrons. The van der Waals surface area contributed by atoms with E-state index in [9.17, 15) is 4.39 Å². The van der Waals surface area contributed by atoms with Gasteiger partial charge in [0.25, 0.3) is 0 Å². The highest BCUT2D eigenvalue weighted by Crippen LogP contribution is 2.56. The second kappa shape index (κ2) is 6.71. The molecule has 4 rings (SSSR count). The summed E-state index contributed by atoms with van der Waals surface area (Å²) >= 11 is 5.98. The van der Waals surface area contributed by atoms with Crippen LogP contribution in [-0.4, -0.2) is 33.6 Å². The molecule has 2 aromatic rings. The number of piperidine rings is 1. The van der Waals surface area contributed by atoms with Crippen molar-refractivity contribution in [3.8, 4) is 0 Å². The summed E-state index contributed by atoms with van der Waals surface area (Å²) in [6.45, 7) is 3.79. The number of nitrogens with zero attached hydrogens (tertiary/aromatic N) is 3. The molecular weight excluding hydrogens is 339 g/mol. The average molecular weight is 363 g/mol. The van der Waals surface area contributed by atoms with E-state index < -0.39 is 0 Å². The average Bonchev–Trinajstić information content (AvgIpc) is 3.13. The minimum Gasteiger partial charge on any atom is -0.337 e. The van der Waals surface area contributed by atoms with Crippen molar-refractivity contribution < 1.29 is 4.39 Å². The van der Waals surface area contributed by atoms with Crippen LogP contribution in [-0.2, 0) is 20.1 Å². The lowest BCUT2D eigenvalue weighted by Gasteiger charge is -2.29. The van der Waals surface area contributed by atoms with Gasteiger partial charge in [-0.3, -0.25) is 4.90 Å². The molecule has 1 aromatic heterocycles. The molecule has 0 bridgehead atoms. The third kappa shape index (κ3) is 3.46. The SMILES string of the molecule is Cn1ccnc1CN(Cc1ccc(F)c(Cl)c1)[C@@H]1CC12CCNCC2. The molecule has 2 fully saturated rings. The van der Waals surface area contributed by atoms with Crippen molar-refractivity contribution >= 4 is 11.6 Å². The van der Waals surface area contributed by atoms with Crippen molar-refractivity contribution in [2.75, 3.05) is 13.1 Å². The van der Waals surface area contributed by atoms with Gasteiger partial charge in [-0.2, -0.15) is 0 Å². The number of benzene rings is 1. The Bertz CT molecular complexity index is 754. The van der Waals surface area contributed by atoms with Crippen LogP contribution >= 0.6 is 11.6 Å². The Morgan fingerprint density at radius 1 is 1.36 bits per heavy atom. The Labute approximate surface area is 153 Å². The lowest BCUT2D eigenvalue weighted by molar-refractivity contribution is 0.182. The Balaban J connectivity index is 1.55. The summed E-state index contributed by atoms with van der Waals surface area (Å²) in [6, 6.07) is 5.61. The predicted octanol–water partition coefficient (Wildman–Crippen LogP) is 3.36. The van der Waals surface area contributed by atoms with Crippen LogP contribution in [0.5, 0.6) is 0 Å². The largest absolute Gasteiger partial charge is 0.337 e. The van der Waals surface area contributed by atoms with Crippen molar-refractivity contribution in [3.05, 3.63) is 52.8 Å². The Morgan fingerprint density at radius 2 is 2.16 bits per heavy atom. The summed E-state index contributed by atoms with van der Waals surface area (Å²) in [4.78, 5) is 6.99. The first-order chi connectivity index (χ1) is 12.1. The fraction of sp³-hybridized carbons (Fsp3) is 0.526. The maximum Gasteiger partial charge on any atom is 0.141 e. The van der Waals surface area contributed by atoms with Crippen LogP contribution < -0.4 is 5.32 Å². The highest BCUT2D eigenvalue weighted by atomic mass is 35.5. The second-order valence-corrected chi connectivity index (χ2v) is 7.85. The van der Waals surface area contributed by atoms with E-state index in [4.69, 9.17) is 11.6 Å². The number of hydrogen-bond acceptors (Lipinski definition) is 3. The van der Waals surface area contributed by atoms with Gasteiger partial charge in [-0.05, 0) is 55.5 Å². The van der Waals surface area contributed by atoms with Gasteiger partial charge < -0.3 is 9.88 Å². The number of nitrogens with one attached hydrogen (secondary N) is 1. The molecule has 2 aliphatic rings. The lowest BCUT2D eigenvalue weighted by Crippen LogP contribution is -2.36. The zero-order chi connectivity index (χ0) is 17.4. The van der Waals surface area contributed by atoms with Crippen molar-refractivity contribution in [1.82, 2.24) is 19.8 Å². The molecule has 1 N–H and O–H groups in total. The summed E-state index contributed by atoms with van der Waals surface area (Å²) < 4.78 is 15.6. The van der Waals surface area contributed by atoms with Crippen LogP contribution in [0.3, 0.4) is 0 Å². The third-order valence-electron chi connectivity index (χ3n) is 5.82. The zero-order valence-electron chi connectivity index (χ0n) is 14.5. The number of imidazole rings is 1. The highest BCUT2D eigenvalue weighted by Gasteiger charge is 2.56. The number of aromatic nitrogens is 2. The zero-order valence-corrected chi connectivity index (χ0v) is 15.3. The summed E-state index contributed by atoms with van der Waals surface area (Å²) in [6.07, 6.45) is 7.54. The Kier molecular flexibility index (Phi) is 4.56. The summed E-state index contributed by atoms with van der Waals surface area (Å²) in [7, 11) is 2.03. The fourth-order valence-corrected chi connectivity index (χ4v) is 4.39. The number of halogens is 2. The van der Waals surface area contributed by atoms with Crippen LogP contribution in [0.4, 0.5) is 4.39 Å². The molecule has 1 saturated heterocycles. The highest BCUT2D eigenvalue weighted by molar-refractivity contribution is 6.30. The van der Waals surface area contributed by atoms with Crippen molar-refractivity contribution in [1.29, 1.82) is 0 Å². The van der Waals surface area contributed by atoms with Crippen LogP contribution in [0.2, 0.25) is 5.02 Å². The van der Waals surface area contributed by atoms with E-state index in [1.165, 1.54) is 25.3 Å². The maximum absolute atomic E-state index is 13.5. The molecule has 25 heavy (non-hydrogen) atoms. The number of aryl methyl sites for hydroxylation is 1. The quantitative estimate of drug-likeness (QED) is 0.885. The molecule has 4 nitrogen and oxygen atoms in total. The molecule has 0 amide bonds. The Hall–Kier alpha value is -1.43. The standard InChI is InChI=1S/C19H24ClFN4/c1-24-9-8-23-18(24)13-25(12-14-2-3-16(21)15(20)10-14)17-11-19(17)4-6-22-7-5-19/h2-3,8-10,17,22H,4-7,11-13H2,1H3/t17-/m1/s1. The van der Waals surface area contributed by atoms with Gasteiger partial charge >= 0.3 is 0 Å². The molecule has 1 aromatic carbocycles. The van der Waals surface area contributed by atoms with Crippen molar-refractivity contribution in [2.45, 2.75) is 38.4 Å². The molecule has 2 heterocycles. The molecule has 1 spiro atoms. The van der Waals surface area contributed by atoms with Gasteiger partial charge in [0.1, 0.15) is 11.6 Å². The summed E-state index contributed by atoms with van der Waals surface area (Å²) in [5.41, 5.74) is 1.50. The first-order valence-corrected chi connectivity index (χ1v) is 9.30. The molecule has 1 aliphatic carbocycles. The van der Waals surface area contributed by atoms with E-state index in [0.29, 0.717) is 11.5 Å². The predicted molar refractivity (Wildman–Crippen MR) is 96.8 cm³/mol. The minimum absolute atomic E-state index is 0.196. The van der Waals surface area contributed by atoms with Crippen LogP contribution in [0.1, 0.15) is 30.7 Å². The third-order valence-corrected chi connectivity index (χ3v) is 6.11. The van der Waals surface area contributed by atoms with Gasteiger partial charge in [0, 0.05) is 32.0 Å². The Morgan fingerprint density at radius 3 is 2.84 bits per heavy atom. The van der Waals surface area contributed by atoms with Crippen LogP contribution in [0.15, 0.2) is 30.6 Å². The van der Waals surface area contributed by atoms with Crippen LogP contribution in [0, 0.1) is 11.2 Å². The first kappa shape index (κ1) is 17.0. The van der Waals surface area contributed by atoms with Gasteiger partial charge in [0.2, 0.25) is 0 Å².